The van der Waals surface area contributed by atoms with Crippen LogP contribution in [0.3, 0.4) is 0 Å². The Morgan fingerprint density at radius 2 is 1.79 bits per heavy atom. The maximum Gasteiger partial charge on any atom is 0.311 e. The van der Waals surface area contributed by atoms with Gasteiger partial charge in [-0.1, -0.05) is 6.07 Å². The summed E-state index contributed by atoms with van der Waals surface area (Å²) in [5, 5.41) is 3.39. The van der Waals surface area contributed by atoms with Crippen molar-refractivity contribution >= 4 is 11.9 Å². The van der Waals surface area contributed by atoms with E-state index in [-0.39, 0.29) is 16.8 Å². The van der Waals surface area contributed by atoms with Crippen LogP contribution in [0.5, 0.6) is 0 Å². The van der Waals surface area contributed by atoms with E-state index < -0.39 is 0 Å². The van der Waals surface area contributed by atoms with Gasteiger partial charge in [0.05, 0.1) is 29.6 Å². The van der Waals surface area contributed by atoms with E-state index in [1.54, 1.807) is 6.20 Å². The first-order valence-electron chi connectivity index (χ1n) is 12.2. The number of ether oxygens (including phenoxy) is 1. The van der Waals surface area contributed by atoms with Crippen molar-refractivity contribution in [2.75, 3.05) is 12.4 Å². The summed E-state index contributed by atoms with van der Waals surface area (Å²) in [4.78, 5) is 35.3. The summed E-state index contributed by atoms with van der Waals surface area (Å²) in [5.74, 6) is 1.58. The molecule has 0 amide bonds. The van der Waals surface area contributed by atoms with Crippen LogP contribution in [-0.2, 0) is 14.9 Å². The number of H-pyrrole nitrogens is 1. The molecule has 0 saturated heterocycles. The summed E-state index contributed by atoms with van der Waals surface area (Å²) < 4.78 is 5.15. The van der Waals surface area contributed by atoms with Crippen LogP contribution < -0.4 is 5.32 Å². The molecule has 4 fully saturated rings. The fourth-order valence-electron chi connectivity index (χ4n) is 5.71. The molecule has 0 radical (unpaired) electrons. The summed E-state index contributed by atoms with van der Waals surface area (Å²) in [6, 6.07) is 8.41. The van der Waals surface area contributed by atoms with E-state index in [2.05, 4.69) is 15.3 Å². The highest BCUT2D eigenvalue weighted by Crippen LogP contribution is 2.58. The SMILES string of the molecule is COC(=O)C12CCC(c3nc(-c4cccc(C)n4)c(-c4ccnc(NC5CC5)n4)[nH]3)(CC1)CC2. The molecule has 34 heavy (non-hydrogen) atoms. The minimum Gasteiger partial charge on any atom is -0.469 e. The molecular formula is C26H30N6O2. The lowest BCUT2D eigenvalue weighted by atomic mass is 9.53. The summed E-state index contributed by atoms with van der Waals surface area (Å²) >= 11 is 0. The fourth-order valence-corrected chi connectivity index (χ4v) is 5.71. The van der Waals surface area contributed by atoms with Gasteiger partial charge < -0.3 is 15.0 Å². The molecule has 4 aliphatic rings. The molecule has 8 heteroatoms. The Morgan fingerprint density at radius 3 is 2.47 bits per heavy atom. The van der Waals surface area contributed by atoms with Gasteiger partial charge in [-0.05, 0) is 76.5 Å². The molecule has 0 spiro atoms. The second-order valence-electron chi connectivity index (χ2n) is 10.2. The number of hydrogen-bond donors (Lipinski definition) is 2. The van der Waals surface area contributed by atoms with E-state index in [4.69, 9.17) is 19.7 Å². The number of carbonyl (C=O) groups is 1. The van der Waals surface area contributed by atoms with E-state index in [9.17, 15) is 4.79 Å². The minimum atomic E-state index is -0.317. The molecule has 2 bridgehead atoms. The van der Waals surface area contributed by atoms with Crippen LogP contribution in [0.4, 0.5) is 5.95 Å². The molecule has 8 nitrogen and oxygen atoms in total. The molecule has 0 unspecified atom stereocenters. The van der Waals surface area contributed by atoms with Gasteiger partial charge >= 0.3 is 5.97 Å². The van der Waals surface area contributed by atoms with Crippen molar-refractivity contribution in [3.8, 4) is 22.8 Å². The van der Waals surface area contributed by atoms with Gasteiger partial charge in [-0.15, -0.1) is 0 Å². The van der Waals surface area contributed by atoms with Gasteiger partial charge in [0.1, 0.15) is 11.5 Å². The first-order chi connectivity index (χ1) is 16.5. The van der Waals surface area contributed by atoms with Crippen LogP contribution >= 0.6 is 0 Å². The van der Waals surface area contributed by atoms with E-state index in [1.807, 2.05) is 31.2 Å². The van der Waals surface area contributed by atoms with Crippen molar-refractivity contribution in [1.82, 2.24) is 24.9 Å². The number of pyridine rings is 1. The number of nitrogens with zero attached hydrogens (tertiary/aromatic N) is 4. The number of imidazole rings is 1. The highest BCUT2D eigenvalue weighted by Gasteiger charge is 2.55. The molecule has 2 N–H and O–H groups in total. The van der Waals surface area contributed by atoms with Gasteiger partial charge in [0.25, 0.3) is 0 Å². The highest BCUT2D eigenvalue weighted by molar-refractivity contribution is 5.78. The quantitative estimate of drug-likeness (QED) is 0.521. The molecule has 3 aromatic heterocycles. The zero-order chi connectivity index (χ0) is 23.3. The Balaban J connectivity index is 1.40. The number of aryl methyl sites for hydroxylation is 1. The average molecular weight is 459 g/mol. The van der Waals surface area contributed by atoms with E-state index in [0.29, 0.717) is 12.0 Å². The molecule has 176 valence electrons. The number of carbonyl (C=O) groups excluding carboxylic acids is 1. The summed E-state index contributed by atoms with van der Waals surface area (Å²) in [7, 11) is 1.50. The average Bonchev–Trinajstić information content (AvgIpc) is 3.57. The Kier molecular flexibility index (Phi) is 4.93. The zero-order valence-electron chi connectivity index (χ0n) is 19.7. The van der Waals surface area contributed by atoms with Gasteiger partial charge in [0, 0.05) is 23.3 Å². The number of aromatic nitrogens is 5. The first kappa shape index (κ1) is 21.3. The van der Waals surface area contributed by atoms with Crippen LogP contribution in [0, 0.1) is 12.3 Å². The number of nitrogens with one attached hydrogen (secondary N) is 2. The summed E-state index contributed by atoms with van der Waals surface area (Å²) in [5.41, 5.74) is 3.90. The van der Waals surface area contributed by atoms with Crippen LogP contribution in [0.2, 0.25) is 0 Å². The summed E-state index contributed by atoms with van der Waals surface area (Å²) in [6.07, 6.45) is 9.43. The van der Waals surface area contributed by atoms with Crippen LogP contribution in [0.15, 0.2) is 30.5 Å². The predicted octanol–water partition coefficient (Wildman–Crippen LogP) is 4.58. The summed E-state index contributed by atoms with van der Waals surface area (Å²) in [6.45, 7) is 1.99. The molecule has 7 rings (SSSR count). The monoisotopic (exact) mass is 458 g/mol. The topological polar surface area (TPSA) is 106 Å². The zero-order valence-corrected chi connectivity index (χ0v) is 19.7. The molecule has 0 aromatic carbocycles. The lowest BCUT2D eigenvalue weighted by Gasteiger charge is -2.50. The Hall–Kier alpha value is -3.29. The van der Waals surface area contributed by atoms with Crippen LogP contribution in [0.25, 0.3) is 22.8 Å². The normalized spacial score (nSPS) is 25.8. The molecular weight excluding hydrogens is 428 g/mol. The van der Waals surface area contributed by atoms with Crippen molar-refractivity contribution in [3.63, 3.8) is 0 Å². The third kappa shape index (κ3) is 3.56. The number of esters is 1. The number of methoxy groups -OCH3 is 1. The van der Waals surface area contributed by atoms with Gasteiger partial charge in [0.15, 0.2) is 0 Å². The Morgan fingerprint density at radius 1 is 1.03 bits per heavy atom. The predicted molar refractivity (Wildman–Crippen MR) is 128 cm³/mol. The van der Waals surface area contributed by atoms with Gasteiger partial charge in [-0.25, -0.2) is 15.0 Å². The maximum absolute atomic E-state index is 12.5. The van der Waals surface area contributed by atoms with Crippen molar-refractivity contribution in [2.45, 2.75) is 69.7 Å². The minimum absolute atomic E-state index is 0.0535. The maximum atomic E-state index is 12.5. The lowest BCUT2D eigenvalue weighted by Crippen LogP contribution is -2.48. The van der Waals surface area contributed by atoms with Crippen molar-refractivity contribution in [1.29, 1.82) is 0 Å². The smallest absolute Gasteiger partial charge is 0.311 e. The lowest BCUT2D eigenvalue weighted by molar-refractivity contribution is -0.160. The van der Waals surface area contributed by atoms with Gasteiger partial charge in [0.2, 0.25) is 5.95 Å². The number of fused-ring (bicyclic) bond motifs is 3. The van der Waals surface area contributed by atoms with Crippen molar-refractivity contribution in [3.05, 3.63) is 42.0 Å². The third-order valence-electron chi connectivity index (χ3n) is 8.02. The number of anilines is 1. The molecule has 3 heterocycles. The molecule has 4 saturated carbocycles. The van der Waals surface area contributed by atoms with Crippen LogP contribution in [-0.4, -0.2) is 44.0 Å². The third-order valence-corrected chi connectivity index (χ3v) is 8.02. The molecule has 0 atom stereocenters. The van der Waals surface area contributed by atoms with Crippen LogP contribution in [0.1, 0.15) is 62.9 Å². The van der Waals surface area contributed by atoms with E-state index >= 15 is 0 Å². The largest absolute Gasteiger partial charge is 0.469 e. The highest BCUT2D eigenvalue weighted by atomic mass is 16.5. The van der Waals surface area contributed by atoms with Gasteiger partial charge in [-0.2, -0.15) is 0 Å². The van der Waals surface area contributed by atoms with Crippen molar-refractivity contribution < 1.29 is 9.53 Å². The second kappa shape index (κ2) is 7.89. The van der Waals surface area contributed by atoms with E-state index in [1.165, 1.54) is 7.11 Å². The molecule has 0 aliphatic heterocycles. The molecule has 4 aliphatic carbocycles. The molecule has 3 aromatic rings. The standard InChI is InChI=1S/C26H30N6O2/c1-16-4-3-5-18(28-16)20-21(19-8-15-27-24(30-19)29-17-6-7-17)32-22(31-20)25-9-12-26(13-10-25,14-11-25)23(33)34-2/h3-5,8,15,17H,6-7,9-14H2,1-2H3,(H,31,32)(H,27,29,30). The first-order valence-corrected chi connectivity index (χ1v) is 12.2. The van der Waals surface area contributed by atoms with E-state index in [0.717, 1.165) is 85.7 Å². The second-order valence-corrected chi connectivity index (χ2v) is 10.2. The fraction of sp³-hybridized carbons (Fsp3) is 0.500. The number of hydrogen-bond acceptors (Lipinski definition) is 7. The van der Waals surface area contributed by atoms with Gasteiger partial charge in [-0.3, -0.25) is 9.78 Å². The Bertz CT molecular complexity index is 1220. The Labute approximate surface area is 199 Å². The number of aromatic amines is 1. The van der Waals surface area contributed by atoms with Crippen molar-refractivity contribution in [2.24, 2.45) is 5.41 Å². The number of rotatable bonds is 6.